The molecular formula is C10H20N4O2S. The zero-order chi connectivity index (χ0) is 12.5. The average Bonchev–Trinajstić information content (AvgIpc) is 3.01. The van der Waals surface area contributed by atoms with Gasteiger partial charge in [-0.1, -0.05) is 19.3 Å². The second kappa shape index (κ2) is 4.55. The van der Waals surface area contributed by atoms with Gasteiger partial charge in [-0.2, -0.15) is 17.9 Å². The van der Waals surface area contributed by atoms with Crippen molar-refractivity contribution in [3.63, 3.8) is 0 Å². The quantitative estimate of drug-likeness (QED) is 0.419. The molecule has 17 heavy (non-hydrogen) atoms. The monoisotopic (exact) mass is 260 g/mol. The standard InChI is InChI=1S/C10H20N4O2S/c11-9(12)10(6-2-1-3-7-10)14-17(15,16)13-8-4-5-8/h8,13-14H,1-7H2,(H3,11,12). The van der Waals surface area contributed by atoms with Crippen LogP contribution in [-0.4, -0.2) is 25.8 Å². The summed E-state index contributed by atoms with van der Waals surface area (Å²) in [6.45, 7) is 0. The van der Waals surface area contributed by atoms with Crippen LogP contribution >= 0.6 is 0 Å². The summed E-state index contributed by atoms with van der Waals surface area (Å²) in [4.78, 5) is 0. The Labute approximate surface area is 102 Å². The highest BCUT2D eigenvalue weighted by atomic mass is 32.2. The molecule has 98 valence electrons. The van der Waals surface area contributed by atoms with Crippen molar-refractivity contribution in [2.75, 3.05) is 0 Å². The molecular weight excluding hydrogens is 240 g/mol. The topological polar surface area (TPSA) is 108 Å². The highest BCUT2D eigenvalue weighted by molar-refractivity contribution is 7.87. The number of hydrogen-bond acceptors (Lipinski definition) is 3. The van der Waals surface area contributed by atoms with E-state index in [1.54, 1.807) is 0 Å². The van der Waals surface area contributed by atoms with E-state index in [-0.39, 0.29) is 11.9 Å². The van der Waals surface area contributed by atoms with Crippen LogP contribution in [0.4, 0.5) is 0 Å². The zero-order valence-corrected chi connectivity index (χ0v) is 10.6. The van der Waals surface area contributed by atoms with Crippen LogP contribution in [-0.2, 0) is 10.2 Å². The van der Waals surface area contributed by atoms with Gasteiger partial charge in [0.05, 0.1) is 5.54 Å². The third-order valence-electron chi connectivity index (χ3n) is 3.45. The predicted octanol–water partition coefficient (Wildman–Crippen LogP) is 0.212. The molecule has 5 N–H and O–H groups in total. The summed E-state index contributed by atoms with van der Waals surface area (Å²) in [5.74, 6) is -0.0710. The van der Waals surface area contributed by atoms with Crippen LogP contribution < -0.4 is 15.2 Å². The van der Waals surface area contributed by atoms with Crippen LogP contribution in [0.25, 0.3) is 0 Å². The highest BCUT2D eigenvalue weighted by Crippen LogP contribution is 2.29. The number of nitrogens with one attached hydrogen (secondary N) is 3. The molecule has 0 amide bonds. The highest BCUT2D eigenvalue weighted by Gasteiger charge is 2.40. The Hall–Kier alpha value is -0.660. The van der Waals surface area contributed by atoms with Crippen LogP contribution in [0, 0.1) is 5.41 Å². The van der Waals surface area contributed by atoms with Crippen molar-refractivity contribution in [2.45, 2.75) is 56.5 Å². The Bertz CT molecular complexity index is 397. The van der Waals surface area contributed by atoms with E-state index in [4.69, 9.17) is 11.1 Å². The van der Waals surface area contributed by atoms with E-state index in [1.807, 2.05) is 0 Å². The molecule has 0 bridgehead atoms. The van der Waals surface area contributed by atoms with Gasteiger partial charge in [-0.15, -0.1) is 0 Å². The van der Waals surface area contributed by atoms with E-state index >= 15 is 0 Å². The third-order valence-corrected chi connectivity index (χ3v) is 4.75. The van der Waals surface area contributed by atoms with E-state index in [1.165, 1.54) is 0 Å². The maximum Gasteiger partial charge on any atom is 0.278 e. The molecule has 2 aliphatic rings. The fraction of sp³-hybridized carbons (Fsp3) is 0.900. The van der Waals surface area contributed by atoms with Gasteiger partial charge in [0.15, 0.2) is 0 Å². The van der Waals surface area contributed by atoms with Crippen LogP contribution in [0.2, 0.25) is 0 Å². The summed E-state index contributed by atoms with van der Waals surface area (Å²) in [7, 11) is -3.54. The molecule has 0 atom stereocenters. The second-order valence-corrected chi connectivity index (χ2v) is 6.50. The maximum absolute atomic E-state index is 11.9. The smallest absolute Gasteiger partial charge is 0.278 e. The van der Waals surface area contributed by atoms with Crippen molar-refractivity contribution < 1.29 is 8.42 Å². The number of hydrogen-bond donors (Lipinski definition) is 4. The predicted molar refractivity (Wildman–Crippen MR) is 65.9 cm³/mol. The molecule has 0 unspecified atom stereocenters. The molecule has 2 rings (SSSR count). The van der Waals surface area contributed by atoms with Crippen LogP contribution in [0.1, 0.15) is 44.9 Å². The number of amidine groups is 1. The van der Waals surface area contributed by atoms with Gasteiger partial charge in [-0.25, -0.2) is 0 Å². The minimum absolute atomic E-state index is 0.0695. The number of nitrogens with two attached hydrogens (primary N) is 1. The third kappa shape index (κ3) is 3.17. The molecule has 0 heterocycles. The fourth-order valence-corrected chi connectivity index (χ4v) is 3.85. The summed E-state index contributed by atoms with van der Waals surface area (Å²) >= 11 is 0. The van der Waals surface area contributed by atoms with Gasteiger partial charge in [-0.3, -0.25) is 5.41 Å². The van der Waals surface area contributed by atoms with Gasteiger partial charge in [0.2, 0.25) is 0 Å². The molecule has 0 aromatic heterocycles. The van der Waals surface area contributed by atoms with Crippen molar-refractivity contribution in [3.05, 3.63) is 0 Å². The van der Waals surface area contributed by atoms with E-state index in [9.17, 15) is 8.42 Å². The molecule has 2 fully saturated rings. The number of rotatable bonds is 5. The fourth-order valence-electron chi connectivity index (χ4n) is 2.29. The molecule has 0 radical (unpaired) electrons. The van der Waals surface area contributed by atoms with Gasteiger partial charge >= 0.3 is 0 Å². The lowest BCUT2D eigenvalue weighted by Crippen LogP contribution is -2.60. The van der Waals surface area contributed by atoms with Crippen molar-refractivity contribution >= 4 is 16.0 Å². The Balaban J connectivity index is 2.08. The minimum Gasteiger partial charge on any atom is -0.386 e. The summed E-state index contributed by atoms with van der Waals surface area (Å²) in [6, 6.07) is 0.0695. The summed E-state index contributed by atoms with van der Waals surface area (Å²) in [5, 5.41) is 7.64. The summed E-state index contributed by atoms with van der Waals surface area (Å²) in [5.41, 5.74) is 4.72. The summed E-state index contributed by atoms with van der Waals surface area (Å²) < 4.78 is 28.9. The largest absolute Gasteiger partial charge is 0.386 e. The molecule has 6 nitrogen and oxygen atoms in total. The first-order chi connectivity index (χ1) is 7.94. The van der Waals surface area contributed by atoms with E-state index in [2.05, 4.69) is 9.44 Å². The van der Waals surface area contributed by atoms with Crippen LogP contribution in [0.15, 0.2) is 0 Å². The van der Waals surface area contributed by atoms with Crippen molar-refractivity contribution in [1.29, 1.82) is 5.41 Å². The molecule has 2 saturated carbocycles. The summed E-state index contributed by atoms with van der Waals surface area (Å²) in [6.07, 6.45) is 5.92. The molecule has 0 spiro atoms. The second-order valence-electron chi connectivity index (χ2n) is 5.05. The lowest BCUT2D eigenvalue weighted by Gasteiger charge is -2.36. The van der Waals surface area contributed by atoms with Gasteiger partial charge < -0.3 is 5.73 Å². The lowest BCUT2D eigenvalue weighted by molar-refractivity contribution is 0.346. The molecule has 0 saturated heterocycles. The van der Waals surface area contributed by atoms with Gasteiger partial charge in [-0.05, 0) is 25.7 Å². The Morgan fingerprint density at radius 2 is 1.82 bits per heavy atom. The molecule has 0 aromatic rings. The lowest BCUT2D eigenvalue weighted by atomic mass is 9.82. The van der Waals surface area contributed by atoms with E-state index < -0.39 is 15.7 Å². The first-order valence-electron chi connectivity index (χ1n) is 6.09. The van der Waals surface area contributed by atoms with E-state index in [0.717, 1.165) is 32.1 Å². The Morgan fingerprint density at radius 1 is 1.24 bits per heavy atom. The average molecular weight is 260 g/mol. The maximum atomic E-state index is 11.9. The van der Waals surface area contributed by atoms with Gasteiger partial charge in [0.1, 0.15) is 5.84 Å². The minimum atomic E-state index is -3.54. The Kier molecular flexibility index (Phi) is 3.42. The van der Waals surface area contributed by atoms with Crippen molar-refractivity contribution in [1.82, 2.24) is 9.44 Å². The normalized spacial score (nSPS) is 24.5. The molecule has 2 aliphatic carbocycles. The zero-order valence-electron chi connectivity index (χ0n) is 9.83. The van der Waals surface area contributed by atoms with Crippen LogP contribution in [0.5, 0.6) is 0 Å². The van der Waals surface area contributed by atoms with Gasteiger partial charge in [0, 0.05) is 6.04 Å². The Morgan fingerprint density at radius 3 is 2.29 bits per heavy atom. The molecule has 0 aromatic carbocycles. The van der Waals surface area contributed by atoms with Crippen molar-refractivity contribution in [2.24, 2.45) is 5.73 Å². The molecule has 7 heteroatoms. The molecule has 0 aliphatic heterocycles. The van der Waals surface area contributed by atoms with Crippen LogP contribution in [0.3, 0.4) is 0 Å². The first-order valence-corrected chi connectivity index (χ1v) is 7.58. The first kappa shape index (κ1) is 12.8. The van der Waals surface area contributed by atoms with E-state index in [0.29, 0.717) is 12.8 Å². The van der Waals surface area contributed by atoms with Crippen molar-refractivity contribution in [3.8, 4) is 0 Å². The SMILES string of the molecule is N=C(N)C1(NS(=O)(=O)NC2CC2)CCCCC1. The van der Waals surface area contributed by atoms with Gasteiger partial charge in [0.25, 0.3) is 10.2 Å².